The number of nitrogens with one attached hydrogen (secondary N) is 1. The van der Waals surface area contributed by atoms with Gasteiger partial charge in [0.15, 0.2) is 0 Å². The van der Waals surface area contributed by atoms with Crippen LogP contribution in [-0.4, -0.2) is 26.2 Å². The molecule has 0 spiro atoms. The molecule has 0 aliphatic carbocycles. The summed E-state index contributed by atoms with van der Waals surface area (Å²) in [5.41, 5.74) is 2.81. The van der Waals surface area contributed by atoms with Crippen LogP contribution in [0.5, 0.6) is 0 Å². The van der Waals surface area contributed by atoms with Crippen molar-refractivity contribution in [1.29, 1.82) is 0 Å². The molecule has 0 aromatic heterocycles. The molecule has 0 aliphatic heterocycles. The lowest BCUT2D eigenvalue weighted by Gasteiger charge is -2.14. The third-order valence-corrected chi connectivity index (χ3v) is 3.40. The molecule has 0 unspecified atom stereocenters. The molecule has 2 nitrogen and oxygen atoms in total. The van der Waals surface area contributed by atoms with Gasteiger partial charge in [-0.05, 0) is 20.8 Å². The standard InChI is InChI=1S/C15H26N2/c1-4-17(5-2)11-7-10-16-13-15-9-6-8-14(3)12-15/h6,8-9,12,16H,4-5,7,10-11,13H2,1-3H3/p+2. The Kier molecular flexibility index (Phi) is 6.90. The zero-order valence-corrected chi connectivity index (χ0v) is 11.6. The topological polar surface area (TPSA) is 21.1 Å². The molecule has 0 aliphatic rings. The summed E-state index contributed by atoms with van der Waals surface area (Å²) in [4.78, 5) is 1.72. The van der Waals surface area contributed by atoms with Gasteiger partial charge in [0.2, 0.25) is 0 Å². The highest BCUT2D eigenvalue weighted by molar-refractivity contribution is 5.21. The van der Waals surface area contributed by atoms with E-state index in [2.05, 4.69) is 50.4 Å². The largest absolute Gasteiger partial charge is 0.342 e. The molecule has 0 saturated carbocycles. The van der Waals surface area contributed by atoms with Crippen LogP contribution < -0.4 is 10.2 Å². The second-order valence-corrected chi connectivity index (χ2v) is 4.83. The van der Waals surface area contributed by atoms with Crippen molar-refractivity contribution in [1.82, 2.24) is 0 Å². The average Bonchev–Trinajstić information content (AvgIpc) is 2.34. The summed E-state index contributed by atoms with van der Waals surface area (Å²) in [5.74, 6) is 0. The fourth-order valence-corrected chi connectivity index (χ4v) is 2.21. The Bertz CT molecular complexity index is 306. The minimum Gasteiger partial charge on any atom is -0.342 e. The lowest BCUT2D eigenvalue weighted by Crippen LogP contribution is -3.11. The van der Waals surface area contributed by atoms with Gasteiger partial charge in [0.1, 0.15) is 6.54 Å². The van der Waals surface area contributed by atoms with Crippen LogP contribution in [0.3, 0.4) is 0 Å². The summed E-state index contributed by atoms with van der Waals surface area (Å²) < 4.78 is 0. The molecular formula is C15H28N2+2. The Hall–Kier alpha value is -0.860. The van der Waals surface area contributed by atoms with Gasteiger partial charge < -0.3 is 10.2 Å². The molecule has 1 aromatic carbocycles. The van der Waals surface area contributed by atoms with Crippen molar-refractivity contribution in [3.05, 3.63) is 35.4 Å². The predicted molar refractivity (Wildman–Crippen MR) is 73.2 cm³/mol. The van der Waals surface area contributed by atoms with Crippen LogP contribution in [0.15, 0.2) is 24.3 Å². The lowest BCUT2D eigenvalue weighted by molar-refractivity contribution is -0.898. The Morgan fingerprint density at radius 3 is 2.59 bits per heavy atom. The first-order chi connectivity index (χ1) is 8.26. The summed E-state index contributed by atoms with van der Waals surface area (Å²) in [6.07, 6.45) is 1.32. The maximum atomic E-state index is 2.43. The van der Waals surface area contributed by atoms with Gasteiger partial charge in [0.25, 0.3) is 0 Å². The van der Waals surface area contributed by atoms with Crippen molar-refractivity contribution in [2.75, 3.05) is 26.2 Å². The van der Waals surface area contributed by atoms with Gasteiger partial charge in [-0.1, -0.05) is 29.8 Å². The van der Waals surface area contributed by atoms with Crippen LogP contribution in [-0.2, 0) is 6.54 Å². The summed E-state index contributed by atoms with van der Waals surface area (Å²) in [5, 5.41) is 2.43. The van der Waals surface area contributed by atoms with Crippen molar-refractivity contribution in [3.63, 3.8) is 0 Å². The maximum absolute atomic E-state index is 2.43. The van der Waals surface area contributed by atoms with E-state index in [-0.39, 0.29) is 0 Å². The van der Waals surface area contributed by atoms with E-state index in [1.807, 2.05) is 0 Å². The highest BCUT2D eigenvalue weighted by Crippen LogP contribution is 2.01. The quantitative estimate of drug-likeness (QED) is 0.609. The Labute approximate surface area is 106 Å². The van der Waals surface area contributed by atoms with Crippen molar-refractivity contribution in [2.24, 2.45) is 0 Å². The number of aryl methyl sites for hydroxylation is 1. The number of hydrogen-bond donors (Lipinski definition) is 2. The Morgan fingerprint density at radius 2 is 1.94 bits per heavy atom. The molecule has 1 aromatic rings. The van der Waals surface area contributed by atoms with Crippen molar-refractivity contribution in [3.8, 4) is 0 Å². The van der Waals surface area contributed by atoms with Gasteiger partial charge in [-0.15, -0.1) is 0 Å². The van der Waals surface area contributed by atoms with Gasteiger partial charge in [-0.3, -0.25) is 0 Å². The molecule has 0 saturated heterocycles. The van der Waals surface area contributed by atoms with Crippen LogP contribution >= 0.6 is 0 Å². The van der Waals surface area contributed by atoms with E-state index < -0.39 is 0 Å². The number of nitrogens with two attached hydrogens (primary N) is 1. The van der Waals surface area contributed by atoms with E-state index in [0.29, 0.717) is 0 Å². The number of quaternary nitrogens is 2. The first-order valence-electron chi connectivity index (χ1n) is 6.97. The molecule has 0 bridgehead atoms. The summed E-state index contributed by atoms with van der Waals surface area (Å²) >= 11 is 0. The Balaban J connectivity index is 2.12. The number of benzene rings is 1. The first-order valence-corrected chi connectivity index (χ1v) is 6.97. The van der Waals surface area contributed by atoms with Crippen LogP contribution in [0.2, 0.25) is 0 Å². The maximum Gasteiger partial charge on any atom is 0.101 e. The zero-order chi connectivity index (χ0) is 12.5. The third kappa shape index (κ3) is 5.85. The summed E-state index contributed by atoms with van der Waals surface area (Å²) in [7, 11) is 0. The molecule has 3 N–H and O–H groups in total. The smallest absolute Gasteiger partial charge is 0.101 e. The second kappa shape index (κ2) is 8.26. The highest BCUT2D eigenvalue weighted by atomic mass is 15.1. The Morgan fingerprint density at radius 1 is 1.18 bits per heavy atom. The molecule has 0 radical (unpaired) electrons. The molecule has 96 valence electrons. The van der Waals surface area contributed by atoms with Crippen LogP contribution in [0, 0.1) is 6.92 Å². The van der Waals surface area contributed by atoms with E-state index >= 15 is 0 Å². The van der Waals surface area contributed by atoms with Gasteiger partial charge in [-0.25, -0.2) is 0 Å². The molecule has 1 rings (SSSR count). The molecule has 0 atom stereocenters. The fourth-order valence-electron chi connectivity index (χ4n) is 2.21. The highest BCUT2D eigenvalue weighted by Gasteiger charge is 2.02. The van der Waals surface area contributed by atoms with Gasteiger partial charge >= 0.3 is 0 Å². The molecular weight excluding hydrogens is 208 g/mol. The van der Waals surface area contributed by atoms with Crippen molar-refractivity contribution >= 4 is 0 Å². The molecule has 0 heterocycles. The van der Waals surface area contributed by atoms with Crippen LogP contribution in [0.4, 0.5) is 0 Å². The fraction of sp³-hybridized carbons (Fsp3) is 0.600. The molecule has 0 amide bonds. The normalized spacial score (nSPS) is 11.1. The summed E-state index contributed by atoms with van der Waals surface area (Å²) in [6, 6.07) is 8.82. The third-order valence-electron chi connectivity index (χ3n) is 3.40. The average molecular weight is 236 g/mol. The van der Waals surface area contributed by atoms with Gasteiger partial charge in [0, 0.05) is 12.0 Å². The second-order valence-electron chi connectivity index (χ2n) is 4.83. The van der Waals surface area contributed by atoms with E-state index in [1.54, 1.807) is 4.90 Å². The lowest BCUT2D eigenvalue weighted by atomic mass is 10.1. The van der Waals surface area contributed by atoms with Crippen molar-refractivity contribution in [2.45, 2.75) is 33.7 Å². The zero-order valence-electron chi connectivity index (χ0n) is 11.6. The molecule has 2 heteroatoms. The van der Waals surface area contributed by atoms with Crippen LogP contribution in [0.1, 0.15) is 31.4 Å². The monoisotopic (exact) mass is 236 g/mol. The van der Waals surface area contributed by atoms with Gasteiger partial charge in [-0.2, -0.15) is 0 Å². The van der Waals surface area contributed by atoms with E-state index in [0.717, 1.165) is 6.54 Å². The molecule has 0 fully saturated rings. The summed E-state index contributed by atoms with van der Waals surface area (Å²) in [6.45, 7) is 12.9. The minimum atomic E-state index is 1.12. The van der Waals surface area contributed by atoms with E-state index in [9.17, 15) is 0 Å². The van der Waals surface area contributed by atoms with Crippen molar-refractivity contribution < 1.29 is 10.2 Å². The first kappa shape index (κ1) is 14.2. The number of rotatable bonds is 8. The predicted octanol–water partition coefficient (Wildman–Crippen LogP) is 0.373. The molecule has 17 heavy (non-hydrogen) atoms. The SMILES string of the molecule is CC[NH+](CC)CCC[NH2+]Cc1cccc(C)c1. The van der Waals surface area contributed by atoms with E-state index in [4.69, 9.17) is 0 Å². The van der Waals surface area contributed by atoms with Gasteiger partial charge in [0.05, 0.1) is 26.2 Å². The minimum absolute atomic E-state index is 1.12. The van der Waals surface area contributed by atoms with Crippen LogP contribution in [0.25, 0.3) is 0 Å². The number of hydrogen-bond acceptors (Lipinski definition) is 0. The van der Waals surface area contributed by atoms with E-state index in [1.165, 1.54) is 43.7 Å².